The first-order chi connectivity index (χ1) is 6.25. The second-order valence-corrected chi connectivity index (χ2v) is 2.87. The minimum atomic E-state index is 0.436. The van der Waals surface area contributed by atoms with Crippen LogP contribution in [0.2, 0.25) is 5.15 Å². The molecular formula is C7H7ClN4O+2. The predicted octanol–water partition coefficient (Wildman–Crippen LogP) is 0.327. The summed E-state index contributed by atoms with van der Waals surface area (Å²) >= 11 is 5.65. The van der Waals surface area contributed by atoms with E-state index in [4.69, 9.17) is 16.0 Å². The van der Waals surface area contributed by atoms with Crippen LogP contribution in [0.15, 0.2) is 16.8 Å². The molecule has 0 bridgehead atoms. The average molecular weight is 199 g/mol. The summed E-state index contributed by atoms with van der Waals surface area (Å²) in [5, 5.41) is 8.05. The normalized spacial score (nSPS) is 10.3. The van der Waals surface area contributed by atoms with Crippen LogP contribution in [-0.4, -0.2) is 10.2 Å². The van der Waals surface area contributed by atoms with E-state index in [0.717, 1.165) is 0 Å². The highest BCUT2D eigenvalue weighted by atomic mass is 35.5. The minimum absolute atomic E-state index is 0.436. The average Bonchev–Trinajstić information content (AvgIpc) is 2.53. The molecule has 0 saturated carbocycles. The van der Waals surface area contributed by atoms with Gasteiger partial charge in [-0.25, -0.2) is 0 Å². The molecule has 2 aromatic heterocycles. The number of nitrogens with zero attached hydrogens (tertiary/aromatic N) is 2. The third-order valence-corrected chi connectivity index (χ3v) is 1.68. The topological polar surface area (TPSA) is 67.2 Å². The van der Waals surface area contributed by atoms with Gasteiger partial charge in [0.2, 0.25) is 12.1 Å². The smallest absolute Gasteiger partial charge is 0.338 e. The second kappa shape index (κ2) is 3.10. The van der Waals surface area contributed by atoms with Crippen LogP contribution in [0.5, 0.6) is 0 Å². The Labute approximate surface area is 78.8 Å². The van der Waals surface area contributed by atoms with Crippen molar-refractivity contribution in [3.05, 3.63) is 23.4 Å². The first kappa shape index (κ1) is 8.12. The van der Waals surface area contributed by atoms with E-state index < -0.39 is 0 Å². The van der Waals surface area contributed by atoms with Crippen LogP contribution in [0, 0.1) is 6.92 Å². The molecule has 0 amide bonds. The zero-order valence-electron chi connectivity index (χ0n) is 6.84. The van der Waals surface area contributed by atoms with Crippen LogP contribution in [0.25, 0.3) is 11.6 Å². The van der Waals surface area contributed by atoms with E-state index in [1.54, 1.807) is 19.3 Å². The summed E-state index contributed by atoms with van der Waals surface area (Å²) in [7, 11) is 0. The van der Waals surface area contributed by atoms with Crippen LogP contribution in [0.4, 0.5) is 0 Å². The number of nitrogens with one attached hydrogen (secondary N) is 2. The maximum absolute atomic E-state index is 5.65. The summed E-state index contributed by atoms with van der Waals surface area (Å²) in [5.74, 6) is 0.962. The molecule has 66 valence electrons. The summed E-state index contributed by atoms with van der Waals surface area (Å²) in [6.45, 7) is 1.73. The monoisotopic (exact) mass is 198 g/mol. The number of aryl methyl sites for hydroxylation is 1. The molecule has 0 aromatic carbocycles. The molecule has 2 heterocycles. The van der Waals surface area contributed by atoms with Gasteiger partial charge in [-0.05, 0) is 11.6 Å². The van der Waals surface area contributed by atoms with Crippen molar-refractivity contribution in [2.75, 3.05) is 0 Å². The van der Waals surface area contributed by atoms with E-state index in [2.05, 4.69) is 20.2 Å². The number of rotatable bonds is 1. The van der Waals surface area contributed by atoms with Gasteiger partial charge in [0, 0.05) is 6.92 Å². The molecule has 0 fully saturated rings. The van der Waals surface area contributed by atoms with E-state index in [1.807, 2.05) is 0 Å². The maximum Gasteiger partial charge on any atom is 0.338 e. The van der Waals surface area contributed by atoms with Crippen molar-refractivity contribution in [1.29, 1.82) is 0 Å². The van der Waals surface area contributed by atoms with Crippen LogP contribution < -0.4 is 9.97 Å². The standard InChI is InChI=1S/C7H5ClN4O/c1-4-11-12-7(13-4)5-2-10-6(8)3-9-5/h2-3H,1H3/p+2. The lowest BCUT2D eigenvalue weighted by Gasteiger charge is -1.81. The van der Waals surface area contributed by atoms with Crippen LogP contribution in [0.3, 0.4) is 0 Å². The number of halogens is 1. The van der Waals surface area contributed by atoms with Gasteiger partial charge in [-0.15, -0.1) is 10.2 Å². The highest BCUT2D eigenvalue weighted by Crippen LogP contribution is 2.09. The van der Waals surface area contributed by atoms with Gasteiger partial charge in [-0.2, -0.15) is 9.97 Å². The first-order valence-corrected chi connectivity index (χ1v) is 4.03. The molecule has 5 nitrogen and oxygen atoms in total. The molecule has 0 aliphatic heterocycles. The van der Waals surface area contributed by atoms with Gasteiger partial charge in [0.15, 0.2) is 0 Å². The number of hydrogen-bond acceptors (Lipinski definition) is 3. The van der Waals surface area contributed by atoms with Gasteiger partial charge < -0.3 is 4.42 Å². The lowest BCUT2D eigenvalue weighted by Crippen LogP contribution is -2.15. The Bertz CT molecular complexity index is 411. The largest absolute Gasteiger partial charge is 0.416 e. The lowest BCUT2D eigenvalue weighted by atomic mass is 10.4. The molecule has 6 heteroatoms. The summed E-state index contributed by atoms with van der Waals surface area (Å²) < 4.78 is 5.19. The van der Waals surface area contributed by atoms with Gasteiger partial charge in [0.1, 0.15) is 0 Å². The maximum atomic E-state index is 5.65. The van der Waals surface area contributed by atoms with Gasteiger partial charge in [-0.1, -0.05) is 0 Å². The molecule has 0 saturated heterocycles. The summed E-state index contributed by atoms with van der Waals surface area (Å²) in [5.41, 5.74) is 0.699. The van der Waals surface area contributed by atoms with E-state index in [9.17, 15) is 0 Å². The molecule has 0 radical (unpaired) electrons. The van der Waals surface area contributed by atoms with Crippen molar-refractivity contribution in [3.63, 3.8) is 0 Å². The number of aromatic amines is 2. The molecule has 0 aliphatic rings. The zero-order valence-corrected chi connectivity index (χ0v) is 7.59. The highest BCUT2D eigenvalue weighted by molar-refractivity contribution is 6.28. The Morgan fingerprint density at radius 2 is 2.15 bits per heavy atom. The molecule has 0 atom stereocenters. The van der Waals surface area contributed by atoms with Gasteiger partial charge in [0.25, 0.3) is 6.20 Å². The molecule has 0 unspecified atom stereocenters. The van der Waals surface area contributed by atoms with Gasteiger partial charge in [-0.3, -0.25) is 0 Å². The Kier molecular flexibility index (Phi) is 1.94. The van der Waals surface area contributed by atoms with E-state index >= 15 is 0 Å². The van der Waals surface area contributed by atoms with Crippen molar-refractivity contribution in [3.8, 4) is 11.6 Å². The van der Waals surface area contributed by atoms with Crippen LogP contribution in [0.1, 0.15) is 5.89 Å². The van der Waals surface area contributed by atoms with Crippen molar-refractivity contribution >= 4 is 11.6 Å². The van der Waals surface area contributed by atoms with Crippen molar-refractivity contribution in [1.82, 2.24) is 10.2 Å². The molecule has 0 aliphatic carbocycles. The fourth-order valence-corrected chi connectivity index (χ4v) is 1.00. The van der Waals surface area contributed by atoms with Gasteiger partial charge >= 0.3 is 16.7 Å². The SMILES string of the molecule is Cc1nnc(-c2c[nH+]c(Cl)c[nH+]2)o1. The summed E-state index contributed by atoms with van der Waals surface area (Å²) in [4.78, 5) is 5.72. The number of H-pyrrole nitrogens is 2. The predicted molar refractivity (Wildman–Crippen MR) is 42.6 cm³/mol. The van der Waals surface area contributed by atoms with E-state index in [0.29, 0.717) is 22.6 Å². The molecule has 2 N–H and O–H groups in total. The van der Waals surface area contributed by atoms with Crippen molar-refractivity contribution in [2.45, 2.75) is 6.92 Å². The Hall–Kier alpha value is -1.49. The molecule has 2 rings (SSSR count). The fraction of sp³-hybridized carbons (Fsp3) is 0.143. The molecular weight excluding hydrogens is 192 g/mol. The first-order valence-electron chi connectivity index (χ1n) is 3.65. The van der Waals surface area contributed by atoms with E-state index in [-0.39, 0.29) is 0 Å². The minimum Gasteiger partial charge on any atom is -0.416 e. The quantitative estimate of drug-likeness (QED) is 0.663. The highest BCUT2D eigenvalue weighted by Gasteiger charge is 2.16. The van der Waals surface area contributed by atoms with Gasteiger partial charge in [0.05, 0.1) is 0 Å². The Morgan fingerprint density at radius 3 is 2.69 bits per heavy atom. The zero-order chi connectivity index (χ0) is 9.26. The fourth-order valence-electron chi connectivity index (χ4n) is 0.894. The Morgan fingerprint density at radius 1 is 1.31 bits per heavy atom. The van der Waals surface area contributed by atoms with Crippen LogP contribution in [-0.2, 0) is 0 Å². The number of hydrogen-bond donors (Lipinski definition) is 0. The molecule has 0 spiro atoms. The third kappa shape index (κ3) is 1.65. The van der Waals surface area contributed by atoms with E-state index in [1.165, 1.54) is 0 Å². The number of aromatic nitrogens is 4. The van der Waals surface area contributed by atoms with Crippen LogP contribution >= 0.6 is 11.6 Å². The molecule has 13 heavy (non-hydrogen) atoms. The third-order valence-electron chi connectivity index (χ3n) is 1.47. The lowest BCUT2D eigenvalue weighted by molar-refractivity contribution is -0.437. The summed E-state index contributed by atoms with van der Waals surface area (Å²) in [6.07, 6.45) is 3.27. The van der Waals surface area contributed by atoms with Crippen molar-refractivity contribution in [2.24, 2.45) is 0 Å². The molecule has 2 aromatic rings. The second-order valence-electron chi connectivity index (χ2n) is 2.47. The Balaban J connectivity index is 2.41. The van der Waals surface area contributed by atoms with Crippen molar-refractivity contribution < 1.29 is 14.4 Å². The summed E-state index contributed by atoms with van der Waals surface area (Å²) in [6, 6.07) is 0.